The zero-order valence-electron chi connectivity index (χ0n) is 6.00. The standard InChI is InChI=1S/C8H11NO/c1-2-6-4-3-5-7(6)8(9)10/h3-6H,2H2,1H3,(H2,9,10). The van der Waals surface area contributed by atoms with Crippen LogP contribution in [0.1, 0.15) is 13.3 Å². The molecule has 0 radical (unpaired) electrons. The number of rotatable bonds is 2. The van der Waals surface area contributed by atoms with Gasteiger partial charge in [-0.25, -0.2) is 0 Å². The molecular weight excluding hydrogens is 126 g/mol. The summed E-state index contributed by atoms with van der Waals surface area (Å²) >= 11 is 0. The van der Waals surface area contributed by atoms with Crippen molar-refractivity contribution >= 4 is 5.91 Å². The molecular formula is C8H11NO. The molecule has 0 aromatic rings. The number of hydrogen-bond donors (Lipinski definition) is 1. The highest BCUT2D eigenvalue weighted by atomic mass is 16.1. The highest BCUT2D eigenvalue weighted by molar-refractivity contribution is 5.93. The second-order valence-electron chi connectivity index (χ2n) is 2.39. The minimum absolute atomic E-state index is 0.262. The summed E-state index contributed by atoms with van der Waals surface area (Å²) in [5.74, 6) is -0.0330. The Morgan fingerprint density at radius 1 is 1.80 bits per heavy atom. The van der Waals surface area contributed by atoms with Gasteiger partial charge in [-0.1, -0.05) is 25.2 Å². The van der Waals surface area contributed by atoms with Gasteiger partial charge in [-0.2, -0.15) is 0 Å². The minimum Gasteiger partial charge on any atom is -0.366 e. The molecule has 54 valence electrons. The molecule has 2 N–H and O–H groups in total. The lowest BCUT2D eigenvalue weighted by Crippen LogP contribution is -2.17. The van der Waals surface area contributed by atoms with Crippen LogP contribution >= 0.6 is 0 Å². The third-order valence-corrected chi connectivity index (χ3v) is 1.74. The van der Waals surface area contributed by atoms with Crippen molar-refractivity contribution < 1.29 is 4.79 Å². The van der Waals surface area contributed by atoms with E-state index < -0.39 is 0 Å². The normalized spacial score (nSPS) is 22.9. The average molecular weight is 137 g/mol. The molecule has 1 rings (SSSR count). The van der Waals surface area contributed by atoms with Crippen molar-refractivity contribution in [1.82, 2.24) is 0 Å². The van der Waals surface area contributed by atoms with Crippen LogP contribution < -0.4 is 5.73 Å². The lowest BCUT2D eigenvalue weighted by molar-refractivity contribution is -0.114. The molecule has 0 spiro atoms. The van der Waals surface area contributed by atoms with Crippen molar-refractivity contribution in [3.05, 3.63) is 23.8 Å². The van der Waals surface area contributed by atoms with Gasteiger partial charge in [0.2, 0.25) is 5.91 Å². The molecule has 0 aromatic heterocycles. The van der Waals surface area contributed by atoms with Gasteiger partial charge in [0.1, 0.15) is 0 Å². The fourth-order valence-electron chi connectivity index (χ4n) is 1.14. The van der Waals surface area contributed by atoms with Gasteiger partial charge in [0.25, 0.3) is 0 Å². The van der Waals surface area contributed by atoms with Crippen LogP contribution in [0.3, 0.4) is 0 Å². The van der Waals surface area contributed by atoms with Gasteiger partial charge in [-0.3, -0.25) is 4.79 Å². The lowest BCUT2D eigenvalue weighted by atomic mass is 10.00. The second kappa shape index (κ2) is 2.69. The lowest BCUT2D eigenvalue weighted by Gasteiger charge is -2.05. The molecule has 1 atom stereocenters. The van der Waals surface area contributed by atoms with Gasteiger partial charge in [0.15, 0.2) is 0 Å². The molecule has 2 heteroatoms. The molecule has 1 amide bonds. The molecule has 0 bridgehead atoms. The first kappa shape index (κ1) is 7.06. The van der Waals surface area contributed by atoms with E-state index >= 15 is 0 Å². The van der Waals surface area contributed by atoms with Crippen LogP contribution in [0.4, 0.5) is 0 Å². The Balaban J connectivity index is 2.71. The third kappa shape index (κ3) is 1.10. The molecule has 0 saturated carbocycles. The van der Waals surface area contributed by atoms with Crippen molar-refractivity contribution in [3.63, 3.8) is 0 Å². The van der Waals surface area contributed by atoms with E-state index in [-0.39, 0.29) is 11.8 Å². The molecule has 2 nitrogen and oxygen atoms in total. The summed E-state index contributed by atoms with van der Waals surface area (Å²) in [5.41, 5.74) is 5.85. The van der Waals surface area contributed by atoms with Gasteiger partial charge in [-0.05, 0) is 6.42 Å². The Kier molecular flexibility index (Phi) is 1.90. The monoisotopic (exact) mass is 137 g/mol. The maximum Gasteiger partial charge on any atom is 0.245 e. The number of allylic oxidation sites excluding steroid dienone is 3. The van der Waals surface area contributed by atoms with Crippen LogP contribution in [-0.2, 0) is 4.79 Å². The predicted octanol–water partition coefficient (Wildman–Crippen LogP) is 0.994. The maximum absolute atomic E-state index is 10.7. The van der Waals surface area contributed by atoms with Gasteiger partial charge in [0.05, 0.1) is 0 Å². The number of hydrogen-bond acceptors (Lipinski definition) is 1. The molecule has 0 heterocycles. The molecule has 0 aliphatic heterocycles. The number of nitrogens with two attached hydrogens (primary N) is 1. The van der Waals surface area contributed by atoms with Crippen LogP contribution in [0, 0.1) is 5.92 Å². The van der Waals surface area contributed by atoms with E-state index in [9.17, 15) is 4.79 Å². The van der Waals surface area contributed by atoms with Gasteiger partial charge >= 0.3 is 0 Å². The smallest absolute Gasteiger partial charge is 0.245 e. The van der Waals surface area contributed by atoms with Crippen LogP contribution in [0.25, 0.3) is 0 Å². The molecule has 1 aliphatic rings. The Labute approximate surface area is 60.4 Å². The van der Waals surface area contributed by atoms with Crippen LogP contribution in [0.5, 0.6) is 0 Å². The molecule has 10 heavy (non-hydrogen) atoms. The SMILES string of the molecule is CCC1C=CC=C1C(N)=O. The van der Waals surface area contributed by atoms with Crippen LogP contribution in [-0.4, -0.2) is 5.91 Å². The van der Waals surface area contributed by atoms with Gasteiger partial charge in [-0.15, -0.1) is 0 Å². The van der Waals surface area contributed by atoms with E-state index in [4.69, 9.17) is 5.73 Å². The van der Waals surface area contributed by atoms with Crippen molar-refractivity contribution in [2.45, 2.75) is 13.3 Å². The minimum atomic E-state index is -0.295. The van der Waals surface area contributed by atoms with Crippen molar-refractivity contribution in [1.29, 1.82) is 0 Å². The molecule has 1 unspecified atom stereocenters. The predicted molar refractivity (Wildman–Crippen MR) is 40.2 cm³/mol. The number of carbonyl (C=O) groups excluding carboxylic acids is 1. The zero-order chi connectivity index (χ0) is 7.56. The van der Waals surface area contributed by atoms with Crippen molar-refractivity contribution in [3.8, 4) is 0 Å². The first-order valence-electron chi connectivity index (χ1n) is 3.44. The molecule has 1 aliphatic carbocycles. The molecule has 0 fully saturated rings. The Hall–Kier alpha value is -1.05. The third-order valence-electron chi connectivity index (χ3n) is 1.74. The van der Waals surface area contributed by atoms with E-state index in [1.807, 2.05) is 19.1 Å². The summed E-state index contributed by atoms with van der Waals surface area (Å²) in [5, 5.41) is 0. The van der Waals surface area contributed by atoms with E-state index in [0.717, 1.165) is 12.0 Å². The average Bonchev–Trinajstić information content (AvgIpc) is 2.33. The topological polar surface area (TPSA) is 43.1 Å². The Morgan fingerprint density at radius 2 is 2.50 bits per heavy atom. The fraction of sp³-hybridized carbons (Fsp3) is 0.375. The molecule has 0 aromatic carbocycles. The highest BCUT2D eigenvalue weighted by Gasteiger charge is 2.16. The van der Waals surface area contributed by atoms with Gasteiger partial charge in [0, 0.05) is 11.5 Å². The number of carbonyl (C=O) groups is 1. The Bertz CT molecular complexity index is 203. The van der Waals surface area contributed by atoms with Crippen LogP contribution in [0.15, 0.2) is 23.8 Å². The highest BCUT2D eigenvalue weighted by Crippen LogP contribution is 2.21. The summed E-state index contributed by atoms with van der Waals surface area (Å²) < 4.78 is 0. The van der Waals surface area contributed by atoms with E-state index in [0.29, 0.717) is 0 Å². The quantitative estimate of drug-likeness (QED) is 0.606. The van der Waals surface area contributed by atoms with E-state index in [1.54, 1.807) is 6.08 Å². The van der Waals surface area contributed by atoms with Gasteiger partial charge < -0.3 is 5.73 Å². The van der Waals surface area contributed by atoms with Crippen molar-refractivity contribution in [2.75, 3.05) is 0 Å². The largest absolute Gasteiger partial charge is 0.366 e. The Morgan fingerprint density at radius 3 is 2.90 bits per heavy atom. The molecule has 0 saturated heterocycles. The second-order valence-corrected chi connectivity index (χ2v) is 2.39. The maximum atomic E-state index is 10.7. The number of primary amides is 1. The fourth-order valence-corrected chi connectivity index (χ4v) is 1.14. The van der Waals surface area contributed by atoms with E-state index in [1.165, 1.54) is 0 Å². The number of amides is 1. The van der Waals surface area contributed by atoms with E-state index in [2.05, 4.69) is 0 Å². The summed E-state index contributed by atoms with van der Waals surface area (Å²) in [6.07, 6.45) is 6.62. The van der Waals surface area contributed by atoms with Crippen LogP contribution in [0.2, 0.25) is 0 Å². The first-order chi connectivity index (χ1) is 4.75. The van der Waals surface area contributed by atoms with Crippen molar-refractivity contribution in [2.24, 2.45) is 11.7 Å². The summed E-state index contributed by atoms with van der Waals surface area (Å²) in [7, 11) is 0. The first-order valence-corrected chi connectivity index (χ1v) is 3.44. The summed E-state index contributed by atoms with van der Waals surface area (Å²) in [4.78, 5) is 10.7. The summed E-state index contributed by atoms with van der Waals surface area (Å²) in [6, 6.07) is 0. The zero-order valence-corrected chi connectivity index (χ0v) is 6.00. The summed E-state index contributed by atoms with van der Waals surface area (Å²) in [6.45, 7) is 2.04.